The predicted octanol–water partition coefficient (Wildman–Crippen LogP) is 2.79. The van der Waals surface area contributed by atoms with Crippen LogP contribution in [-0.2, 0) is 9.47 Å². The highest BCUT2D eigenvalue weighted by atomic mass is 16.5. The zero-order valence-electron chi connectivity index (χ0n) is 19.2. The Bertz CT molecular complexity index is 697. The van der Waals surface area contributed by atoms with Gasteiger partial charge in [0.25, 0.3) is 11.8 Å². The Morgan fingerprint density at radius 3 is 2.58 bits per heavy atom. The van der Waals surface area contributed by atoms with Crippen LogP contribution in [0, 0.1) is 12.8 Å². The van der Waals surface area contributed by atoms with Crippen LogP contribution in [0.15, 0.2) is 18.2 Å². The lowest BCUT2D eigenvalue weighted by molar-refractivity contribution is 0.0573. The molecule has 2 atom stereocenters. The Hall–Kier alpha value is -1.96. The third-order valence-corrected chi connectivity index (χ3v) is 5.33. The van der Waals surface area contributed by atoms with E-state index in [-0.39, 0.29) is 18.4 Å². The largest absolute Gasteiger partial charge is 0.391 e. The number of nitrogens with one attached hydrogen (secondary N) is 1. The number of ether oxygens (including phenoxy) is 2. The Morgan fingerprint density at radius 2 is 1.94 bits per heavy atom. The number of carbonyl (C=O) groups excluding carboxylic acids is 2. The van der Waals surface area contributed by atoms with Gasteiger partial charge in [0.05, 0.1) is 19.3 Å². The highest BCUT2D eigenvalue weighted by Gasteiger charge is 2.18. The van der Waals surface area contributed by atoms with Crippen molar-refractivity contribution in [1.29, 1.82) is 0 Å². The molecule has 1 heterocycles. The van der Waals surface area contributed by atoms with Crippen LogP contribution in [0.2, 0.25) is 0 Å². The van der Waals surface area contributed by atoms with Crippen LogP contribution < -0.4 is 5.32 Å². The highest BCUT2D eigenvalue weighted by Crippen LogP contribution is 2.14. The summed E-state index contributed by atoms with van der Waals surface area (Å²) >= 11 is 0. The van der Waals surface area contributed by atoms with E-state index in [1.807, 2.05) is 31.7 Å². The average molecular weight is 435 g/mol. The number of aryl methyl sites for hydroxylation is 1. The van der Waals surface area contributed by atoms with Gasteiger partial charge in [-0.1, -0.05) is 13.8 Å². The van der Waals surface area contributed by atoms with E-state index in [0.717, 1.165) is 38.0 Å². The number of rotatable bonds is 13. The molecule has 1 aromatic carbocycles. The molecule has 1 aliphatic rings. The predicted molar refractivity (Wildman–Crippen MR) is 120 cm³/mol. The molecule has 31 heavy (non-hydrogen) atoms. The standard InChI is InChI=1S/C24H38N2O5/c1-4-8-26(9-5-2)24(29)21-13-18(3)12-20(14-21)23(28)25-15-22(27)7-11-31-17-19-6-10-30-16-19/h12-14,19,22,27H,4-11,15-17H2,1-3H3,(H,25,28). The first kappa shape index (κ1) is 25.3. The fraction of sp³-hybridized carbons (Fsp3) is 0.667. The van der Waals surface area contributed by atoms with Gasteiger partial charge in [-0.15, -0.1) is 0 Å². The summed E-state index contributed by atoms with van der Waals surface area (Å²) in [6, 6.07) is 5.22. The average Bonchev–Trinajstić information content (AvgIpc) is 3.27. The van der Waals surface area contributed by atoms with E-state index >= 15 is 0 Å². The quantitative estimate of drug-likeness (QED) is 0.466. The number of aliphatic hydroxyl groups excluding tert-OH is 1. The van der Waals surface area contributed by atoms with E-state index in [1.54, 1.807) is 12.1 Å². The molecule has 0 radical (unpaired) electrons. The molecule has 1 aromatic rings. The molecule has 1 fully saturated rings. The van der Waals surface area contributed by atoms with Crippen molar-refractivity contribution < 1.29 is 24.2 Å². The van der Waals surface area contributed by atoms with Crippen LogP contribution in [0.5, 0.6) is 0 Å². The van der Waals surface area contributed by atoms with Crippen LogP contribution in [0.4, 0.5) is 0 Å². The summed E-state index contributed by atoms with van der Waals surface area (Å²) in [5.41, 5.74) is 1.81. The molecule has 7 heteroatoms. The van der Waals surface area contributed by atoms with Crippen molar-refractivity contribution in [3.8, 4) is 0 Å². The van der Waals surface area contributed by atoms with Gasteiger partial charge in [0.15, 0.2) is 0 Å². The second-order valence-corrected chi connectivity index (χ2v) is 8.34. The van der Waals surface area contributed by atoms with Gasteiger partial charge in [-0.3, -0.25) is 9.59 Å². The monoisotopic (exact) mass is 434 g/mol. The van der Waals surface area contributed by atoms with Crippen molar-refractivity contribution in [2.24, 2.45) is 5.92 Å². The first-order chi connectivity index (χ1) is 14.9. The Morgan fingerprint density at radius 1 is 1.23 bits per heavy atom. The highest BCUT2D eigenvalue weighted by molar-refractivity contribution is 6.00. The molecular weight excluding hydrogens is 396 g/mol. The van der Waals surface area contributed by atoms with E-state index < -0.39 is 6.10 Å². The lowest BCUT2D eigenvalue weighted by atomic mass is 10.0. The SMILES string of the molecule is CCCN(CCC)C(=O)c1cc(C)cc(C(=O)NCC(O)CCOCC2CCOC2)c1. The third kappa shape index (κ3) is 8.59. The van der Waals surface area contributed by atoms with Gasteiger partial charge < -0.3 is 24.8 Å². The summed E-state index contributed by atoms with van der Waals surface area (Å²) in [6.45, 7) is 10.1. The van der Waals surface area contributed by atoms with E-state index in [1.165, 1.54) is 0 Å². The second kappa shape index (κ2) is 13.5. The van der Waals surface area contributed by atoms with Gasteiger partial charge in [-0.05, 0) is 56.4 Å². The van der Waals surface area contributed by atoms with Crippen molar-refractivity contribution in [2.75, 3.05) is 46.1 Å². The van der Waals surface area contributed by atoms with Crippen LogP contribution in [-0.4, -0.2) is 74.0 Å². The van der Waals surface area contributed by atoms with Crippen LogP contribution in [0.25, 0.3) is 0 Å². The molecule has 0 spiro atoms. The molecule has 1 aliphatic heterocycles. The first-order valence-corrected chi connectivity index (χ1v) is 11.5. The maximum absolute atomic E-state index is 12.9. The minimum Gasteiger partial charge on any atom is -0.391 e. The number of amides is 2. The van der Waals surface area contributed by atoms with Crippen molar-refractivity contribution in [2.45, 2.75) is 52.6 Å². The smallest absolute Gasteiger partial charge is 0.253 e. The second-order valence-electron chi connectivity index (χ2n) is 8.34. The van der Waals surface area contributed by atoms with E-state index in [0.29, 0.717) is 49.8 Å². The van der Waals surface area contributed by atoms with E-state index in [9.17, 15) is 14.7 Å². The Balaban J connectivity index is 1.84. The molecule has 0 aromatic heterocycles. The lowest BCUT2D eigenvalue weighted by Gasteiger charge is -2.22. The first-order valence-electron chi connectivity index (χ1n) is 11.5. The molecule has 2 N–H and O–H groups in total. The van der Waals surface area contributed by atoms with Gasteiger partial charge in [0, 0.05) is 49.9 Å². The van der Waals surface area contributed by atoms with E-state index in [2.05, 4.69) is 5.32 Å². The third-order valence-electron chi connectivity index (χ3n) is 5.33. The van der Waals surface area contributed by atoms with Gasteiger partial charge in [0.1, 0.15) is 0 Å². The van der Waals surface area contributed by atoms with E-state index in [4.69, 9.17) is 9.47 Å². The normalized spacial score (nSPS) is 16.8. The lowest BCUT2D eigenvalue weighted by Crippen LogP contribution is -2.34. The Kier molecular flexibility index (Phi) is 11.0. The number of benzene rings is 1. The van der Waals surface area contributed by atoms with Crippen molar-refractivity contribution in [3.63, 3.8) is 0 Å². The molecule has 2 unspecified atom stereocenters. The summed E-state index contributed by atoms with van der Waals surface area (Å²) in [5.74, 6) is 0.102. The zero-order chi connectivity index (χ0) is 22.6. The summed E-state index contributed by atoms with van der Waals surface area (Å²) in [5, 5.41) is 12.9. The number of carbonyl (C=O) groups is 2. The minimum absolute atomic E-state index is 0.0497. The minimum atomic E-state index is -0.681. The maximum Gasteiger partial charge on any atom is 0.253 e. The molecule has 0 bridgehead atoms. The molecule has 2 amide bonds. The topological polar surface area (TPSA) is 88.1 Å². The van der Waals surface area contributed by atoms with Crippen LogP contribution >= 0.6 is 0 Å². The fourth-order valence-corrected chi connectivity index (χ4v) is 3.67. The van der Waals surface area contributed by atoms with Crippen molar-refractivity contribution in [3.05, 3.63) is 34.9 Å². The summed E-state index contributed by atoms with van der Waals surface area (Å²) in [6.07, 6.45) is 2.57. The summed E-state index contributed by atoms with van der Waals surface area (Å²) in [7, 11) is 0. The molecule has 1 saturated heterocycles. The Labute approximate surface area is 186 Å². The maximum atomic E-state index is 12.9. The number of hydrogen-bond donors (Lipinski definition) is 2. The van der Waals surface area contributed by atoms with Gasteiger partial charge in [-0.2, -0.15) is 0 Å². The van der Waals surface area contributed by atoms with Crippen molar-refractivity contribution >= 4 is 11.8 Å². The molecule has 0 saturated carbocycles. The fourth-order valence-electron chi connectivity index (χ4n) is 3.67. The number of nitrogens with zero attached hydrogens (tertiary/aromatic N) is 1. The molecular formula is C24H38N2O5. The van der Waals surface area contributed by atoms with Crippen molar-refractivity contribution in [1.82, 2.24) is 10.2 Å². The van der Waals surface area contributed by atoms with Crippen LogP contribution in [0.1, 0.15) is 65.8 Å². The summed E-state index contributed by atoms with van der Waals surface area (Å²) < 4.78 is 10.9. The number of hydrogen-bond acceptors (Lipinski definition) is 5. The molecule has 0 aliphatic carbocycles. The van der Waals surface area contributed by atoms with Gasteiger partial charge in [-0.25, -0.2) is 0 Å². The molecule has 7 nitrogen and oxygen atoms in total. The van der Waals surface area contributed by atoms with Gasteiger partial charge in [0.2, 0.25) is 0 Å². The zero-order valence-corrected chi connectivity index (χ0v) is 19.2. The van der Waals surface area contributed by atoms with Crippen LogP contribution in [0.3, 0.4) is 0 Å². The summed E-state index contributed by atoms with van der Waals surface area (Å²) in [4.78, 5) is 27.3. The number of aliphatic hydroxyl groups is 1. The molecule has 174 valence electrons. The molecule has 2 rings (SSSR count). The van der Waals surface area contributed by atoms with Gasteiger partial charge >= 0.3 is 0 Å².